The van der Waals surface area contributed by atoms with Crippen molar-refractivity contribution in [3.63, 3.8) is 0 Å². The first-order valence-corrected chi connectivity index (χ1v) is 4.34. The van der Waals surface area contributed by atoms with Crippen LogP contribution in [0.25, 0.3) is 0 Å². The second-order valence-corrected chi connectivity index (χ2v) is 4.23. The van der Waals surface area contributed by atoms with Crippen molar-refractivity contribution in [1.29, 1.82) is 5.26 Å². The van der Waals surface area contributed by atoms with Gasteiger partial charge in [0, 0.05) is 0 Å². The van der Waals surface area contributed by atoms with Crippen molar-refractivity contribution < 1.29 is 0 Å². The maximum atomic E-state index is 7.74. The molecular weight excluding hydrogens is 121 g/mol. The number of hydrogen-bond donors (Lipinski definition) is 1. The summed E-state index contributed by atoms with van der Waals surface area (Å²) in [7, 11) is 0. The normalized spacial score (nSPS) is 9.20. The van der Waals surface area contributed by atoms with Crippen LogP contribution in [0.15, 0.2) is 0 Å². The Labute approximate surface area is 41.6 Å². The lowest BCUT2D eigenvalue weighted by Gasteiger charge is -1.36. The Morgan fingerprint density at radius 1 is 2.00 bits per heavy atom. The highest BCUT2D eigenvalue weighted by atomic mass is 32.9. The zero-order valence-electron chi connectivity index (χ0n) is 2.25. The summed E-state index contributed by atoms with van der Waals surface area (Å²) in [4.78, 5) is 0. The standard InChI is InChI=1S/CNPS2/c2-1-3(4)5/p+1. The average Bonchev–Trinajstić information content (AvgIpc) is 1.38. The van der Waals surface area contributed by atoms with Gasteiger partial charge in [-0.1, -0.05) is 0 Å². The Kier molecular flexibility index (Phi) is 2.78. The molecule has 0 aromatic carbocycles. The molecule has 0 saturated carbocycles. The molecule has 5 heavy (non-hydrogen) atoms. The van der Waals surface area contributed by atoms with Crippen molar-refractivity contribution in [2.24, 2.45) is 0 Å². The molecule has 0 N–H and O–H groups in total. The SMILES string of the molecule is N#C[P+](=S)S. The second kappa shape index (κ2) is 2.59. The molecule has 4 heteroatoms. The van der Waals surface area contributed by atoms with Crippen molar-refractivity contribution >= 4 is 30.0 Å². The topological polar surface area (TPSA) is 23.8 Å². The minimum Gasteiger partial charge on any atom is -0.140 e. The molecule has 0 spiro atoms. The highest BCUT2D eigenvalue weighted by Gasteiger charge is 1.91. The van der Waals surface area contributed by atoms with Crippen LogP contribution < -0.4 is 0 Å². The Balaban J connectivity index is 3.35. The highest BCUT2D eigenvalue weighted by Crippen LogP contribution is 2.21. The van der Waals surface area contributed by atoms with Gasteiger partial charge in [0.2, 0.25) is 0 Å². The molecule has 1 nitrogen and oxygen atoms in total. The summed E-state index contributed by atoms with van der Waals surface area (Å²) >= 11 is 7.96. The van der Waals surface area contributed by atoms with Crippen LogP contribution in [0.5, 0.6) is 0 Å². The van der Waals surface area contributed by atoms with E-state index in [1.165, 1.54) is 0 Å². The minimum absolute atomic E-state index is 1.01. The van der Waals surface area contributed by atoms with E-state index in [4.69, 9.17) is 5.26 Å². The molecule has 1 unspecified atom stereocenters. The van der Waals surface area contributed by atoms with Crippen molar-refractivity contribution in [2.45, 2.75) is 0 Å². The van der Waals surface area contributed by atoms with Crippen LogP contribution in [0.3, 0.4) is 0 Å². The Morgan fingerprint density at radius 2 is 2.20 bits per heavy atom. The van der Waals surface area contributed by atoms with Crippen LogP contribution in [0, 0.1) is 11.1 Å². The third-order valence-electron chi connectivity index (χ3n) is 0.0855. The molecule has 0 aromatic rings. The van der Waals surface area contributed by atoms with Crippen molar-refractivity contribution in [3.05, 3.63) is 0 Å². The lowest BCUT2D eigenvalue weighted by molar-refractivity contribution is 1.57. The fraction of sp³-hybridized carbons (Fsp3) is 0. The van der Waals surface area contributed by atoms with Crippen LogP contribution in [-0.2, 0) is 11.8 Å². The lowest BCUT2D eigenvalue weighted by Crippen LogP contribution is -1.19. The van der Waals surface area contributed by atoms with Crippen LogP contribution in [0.2, 0.25) is 0 Å². The molecule has 0 heterocycles. The van der Waals surface area contributed by atoms with Gasteiger partial charge < -0.3 is 0 Å². The molecule has 1 atom stereocenters. The zero-order valence-corrected chi connectivity index (χ0v) is 4.86. The number of thiol groups is 1. The van der Waals surface area contributed by atoms with E-state index in [-0.39, 0.29) is 0 Å². The van der Waals surface area contributed by atoms with Crippen molar-refractivity contribution in [3.8, 4) is 5.81 Å². The van der Waals surface area contributed by atoms with Gasteiger partial charge >= 0.3 is 11.7 Å². The summed E-state index contributed by atoms with van der Waals surface area (Å²) in [6.45, 7) is 0. The van der Waals surface area contributed by atoms with Gasteiger partial charge in [0.25, 0.3) is 0 Å². The molecule has 0 aliphatic carbocycles. The van der Waals surface area contributed by atoms with E-state index in [0.29, 0.717) is 0 Å². The zero-order chi connectivity index (χ0) is 4.28. The smallest absolute Gasteiger partial charge is 0.140 e. The maximum Gasteiger partial charge on any atom is 0.361 e. The maximum absolute atomic E-state index is 7.74. The molecule has 0 aliphatic rings. The highest BCUT2D eigenvalue weighted by molar-refractivity contribution is 8.57. The first-order chi connectivity index (χ1) is 2.27. The van der Waals surface area contributed by atoms with Crippen molar-refractivity contribution in [1.82, 2.24) is 0 Å². The number of hydrogen-bond acceptors (Lipinski definition) is 2. The number of rotatable bonds is 0. The summed E-state index contributed by atoms with van der Waals surface area (Å²) in [5, 5.41) is 7.74. The van der Waals surface area contributed by atoms with E-state index in [9.17, 15) is 0 Å². The molecule has 0 aliphatic heterocycles. The first kappa shape index (κ1) is 5.36. The molecule has 0 rings (SSSR count). The van der Waals surface area contributed by atoms with E-state index in [1.54, 1.807) is 5.81 Å². The van der Waals surface area contributed by atoms with Gasteiger partial charge in [0.15, 0.2) is 11.8 Å². The lowest BCUT2D eigenvalue weighted by atomic mass is 11.8. The van der Waals surface area contributed by atoms with Gasteiger partial charge in [-0.25, -0.2) is 0 Å². The van der Waals surface area contributed by atoms with E-state index < -0.39 is 5.90 Å². The van der Waals surface area contributed by atoms with Gasteiger partial charge in [0.1, 0.15) is 0 Å². The van der Waals surface area contributed by atoms with E-state index in [2.05, 4.69) is 24.1 Å². The van der Waals surface area contributed by atoms with Crippen LogP contribution in [-0.4, -0.2) is 0 Å². The minimum atomic E-state index is -1.01. The largest absolute Gasteiger partial charge is 0.361 e. The molecule has 0 aromatic heterocycles. The fourth-order valence-corrected chi connectivity index (χ4v) is 0. The third-order valence-corrected chi connectivity index (χ3v) is 0.770. The van der Waals surface area contributed by atoms with Gasteiger partial charge in [-0.3, -0.25) is 0 Å². The average molecular weight is 122 g/mol. The fourth-order valence-electron chi connectivity index (χ4n) is 0. The third kappa shape index (κ3) is 4.36. The van der Waals surface area contributed by atoms with Crippen LogP contribution >= 0.6 is 18.1 Å². The molecular formula is CHNPS2+. The van der Waals surface area contributed by atoms with Gasteiger partial charge in [-0.15, -0.1) is 5.26 Å². The summed E-state index contributed by atoms with van der Waals surface area (Å²) in [5.74, 6) is 0.757. The molecule has 0 radical (unpaired) electrons. The van der Waals surface area contributed by atoms with E-state index >= 15 is 0 Å². The van der Waals surface area contributed by atoms with E-state index in [1.807, 2.05) is 0 Å². The van der Waals surface area contributed by atoms with Gasteiger partial charge in [0.05, 0.1) is 12.2 Å². The monoisotopic (exact) mass is 122 g/mol. The van der Waals surface area contributed by atoms with Crippen LogP contribution in [0.4, 0.5) is 0 Å². The van der Waals surface area contributed by atoms with Crippen LogP contribution in [0.1, 0.15) is 0 Å². The predicted octanol–water partition coefficient (Wildman–Crippen LogP) is 1.26. The summed E-state index contributed by atoms with van der Waals surface area (Å²) in [6, 6.07) is 0. The summed E-state index contributed by atoms with van der Waals surface area (Å²) in [5.41, 5.74) is 0. The second-order valence-electron chi connectivity index (χ2n) is 0.373. The van der Waals surface area contributed by atoms with Gasteiger partial charge in [-0.05, 0) is 0 Å². The Hall–Kier alpha value is 0.360. The number of nitrogens with zero attached hydrogens (tertiary/aromatic N) is 1. The summed E-state index contributed by atoms with van der Waals surface area (Å²) in [6.07, 6.45) is 0. The molecule has 0 bridgehead atoms. The van der Waals surface area contributed by atoms with Gasteiger partial charge in [-0.2, -0.15) is 0 Å². The Bertz CT molecular complexity index is 82.1. The molecule has 0 fully saturated rings. The predicted molar refractivity (Wildman–Crippen MR) is 28.9 cm³/mol. The molecule has 26 valence electrons. The van der Waals surface area contributed by atoms with E-state index in [0.717, 1.165) is 0 Å². The molecule has 0 amide bonds. The first-order valence-electron chi connectivity index (χ1n) is 0.830. The summed E-state index contributed by atoms with van der Waals surface area (Å²) < 4.78 is 0. The Morgan fingerprint density at radius 3 is 2.20 bits per heavy atom. The number of nitriles is 1. The van der Waals surface area contributed by atoms with Crippen molar-refractivity contribution in [2.75, 3.05) is 0 Å². The quantitative estimate of drug-likeness (QED) is 0.386. The molecule has 0 saturated heterocycles.